The van der Waals surface area contributed by atoms with Crippen molar-refractivity contribution in [2.45, 2.75) is 12.6 Å². The Morgan fingerprint density at radius 1 is 1.17 bits per heavy atom. The van der Waals surface area contributed by atoms with Gasteiger partial charge in [0, 0.05) is 12.4 Å². The van der Waals surface area contributed by atoms with E-state index in [1.54, 1.807) is 59.5 Å². The number of benzene rings is 1. The van der Waals surface area contributed by atoms with Crippen LogP contribution in [0, 0.1) is 0 Å². The van der Waals surface area contributed by atoms with Gasteiger partial charge in [0.15, 0.2) is 5.76 Å². The highest BCUT2D eigenvalue weighted by molar-refractivity contribution is 5.95. The van der Waals surface area contributed by atoms with Crippen molar-refractivity contribution in [1.82, 2.24) is 15.1 Å². The summed E-state index contributed by atoms with van der Waals surface area (Å²) < 4.78 is 7.19. The molecule has 1 atom stereocenters. The van der Waals surface area contributed by atoms with Crippen molar-refractivity contribution >= 4 is 11.8 Å². The van der Waals surface area contributed by atoms with E-state index in [-0.39, 0.29) is 5.76 Å². The van der Waals surface area contributed by atoms with E-state index in [9.17, 15) is 9.59 Å². The highest BCUT2D eigenvalue weighted by atomic mass is 16.4. The number of hydrogen-bond donors (Lipinski definition) is 2. The van der Waals surface area contributed by atoms with Crippen molar-refractivity contribution in [3.8, 4) is 0 Å². The van der Waals surface area contributed by atoms with Crippen LogP contribution in [0.4, 0.5) is 0 Å². The molecule has 24 heavy (non-hydrogen) atoms. The number of carbonyl (C=O) groups is 2. The van der Waals surface area contributed by atoms with Gasteiger partial charge in [-0.15, -0.1) is 0 Å². The third-order valence-electron chi connectivity index (χ3n) is 3.46. The molecule has 7 heteroatoms. The molecule has 0 saturated heterocycles. The Morgan fingerprint density at radius 3 is 2.62 bits per heavy atom. The average Bonchev–Trinajstić information content (AvgIpc) is 3.25. The average molecular weight is 324 g/mol. The minimum absolute atomic E-state index is 0.110. The Morgan fingerprint density at radius 2 is 1.96 bits per heavy atom. The summed E-state index contributed by atoms with van der Waals surface area (Å²) in [7, 11) is 0. The molecule has 1 aromatic carbocycles. The van der Waals surface area contributed by atoms with Crippen LogP contribution >= 0.6 is 0 Å². The third kappa shape index (κ3) is 3.52. The van der Waals surface area contributed by atoms with E-state index in [1.807, 2.05) is 6.07 Å². The SMILES string of the molecule is NC(=O)[C@@H](NC(=O)c1ccc(Cn2cccn2)o1)c1ccccc1. The van der Waals surface area contributed by atoms with E-state index in [0.29, 0.717) is 17.9 Å². The molecule has 2 heterocycles. The van der Waals surface area contributed by atoms with Gasteiger partial charge in [0.1, 0.15) is 11.8 Å². The zero-order valence-electron chi connectivity index (χ0n) is 12.8. The fraction of sp³-hybridized carbons (Fsp3) is 0.118. The smallest absolute Gasteiger partial charge is 0.287 e. The molecular weight excluding hydrogens is 308 g/mol. The van der Waals surface area contributed by atoms with E-state index in [2.05, 4.69) is 10.4 Å². The molecule has 0 aliphatic rings. The topological polar surface area (TPSA) is 103 Å². The molecule has 2 amide bonds. The van der Waals surface area contributed by atoms with E-state index in [1.165, 1.54) is 0 Å². The summed E-state index contributed by atoms with van der Waals surface area (Å²) in [6.07, 6.45) is 3.45. The monoisotopic (exact) mass is 324 g/mol. The molecule has 0 bridgehead atoms. The first-order chi connectivity index (χ1) is 11.6. The van der Waals surface area contributed by atoms with Crippen LogP contribution in [0.25, 0.3) is 0 Å². The van der Waals surface area contributed by atoms with Crippen molar-refractivity contribution in [3.05, 3.63) is 78.0 Å². The quantitative estimate of drug-likeness (QED) is 0.716. The van der Waals surface area contributed by atoms with Crippen molar-refractivity contribution in [1.29, 1.82) is 0 Å². The maximum atomic E-state index is 12.3. The van der Waals surface area contributed by atoms with Crippen molar-refractivity contribution in [2.24, 2.45) is 5.73 Å². The molecule has 0 aliphatic carbocycles. The molecule has 0 aliphatic heterocycles. The number of nitrogens with one attached hydrogen (secondary N) is 1. The first-order valence-electron chi connectivity index (χ1n) is 7.35. The highest BCUT2D eigenvalue weighted by Gasteiger charge is 2.22. The Labute approximate surface area is 138 Å². The summed E-state index contributed by atoms with van der Waals surface area (Å²) in [6, 6.07) is 12.9. The molecule has 7 nitrogen and oxygen atoms in total. The minimum atomic E-state index is -0.918. The molecule has 0 saturated carbocycles. The highest BCUT2D eigenvalue weighted by Crippen LogP contribution is 2.15. The maximum Gasteiger partial charge on any atom is 0.287 e. The number of nitrogens with two attached hydrogens (primary N) is 1. The van der Waals surface area contributed by atoms with Gasteiger partial charge in [-0.05, 0) is 23.8 Å². The fourth-order valence-electron chi connectivity index (χ4n) is 2.31. The normalized spacial score (nSPS) is 11.8. The summed E-state index contributed by atoms with van der Waals surface area (Å²) in [6.45, 7) is 0.415. The van der Waals surface area contributed by atoms with Gasteiger partial charge in [0.05, 0.1) is 6.54 Å². The number of amides is 2. The van der Waals surface area contributed by atoms with Crippen LogP contribution in [0.2, 0.25) is 0 Å². The zero-order chi connectivity index (χ0) is 16.9. The number of carbonyl (C=O) groups excluding carboxylic acids is 2. The predicted octanol–water partition coefficient (Wildman–Crippen LogP) is 1.48. The molecule has 3 rings (SSSR count). The Hall–Kier alpha value is -3.35. The Kier molecular flexibility index (Phi) is 4.42. The lowest BCUT2D eigenvalue weighted by atomic mass is 10.1. The van der Waals surface area contributed by atoms with E-state index in [0.717, 1.165) is 0 Å². The second-order valence-corrected chi connectivity index (χ2v) is 5.19. The fourth-order valence-corrected chi connectivity index (χ4v) is 2.31. The standard InChI is InChI=1S/C17H16N4O3/c18-16(22)15(12-5-2-1-3-6-12)20-17(23)14-8-7-13(24-14)11-21-10-4-9-19-21/h1-10,15H,11H2,(H2,18,22)(H,20,23)/t15-/m0/s1. The van der Waals surface area contributed by atoms with Crippen LogP contribution in [0.3, 0.4) is 0 Å². The summed E-state index contributed by atoms with van der Waals surface area (Å²) in [4.78, 5) is 24.0. The molecule has 0 fully saturated rings. The lowest BCUT2D eigenvalue weighted by Crippen LogP contribution is -2.37. The predicted molar refractivity (Wildman–Crippen MR) is 85.9 cm³/mol. The first kappa shape index (κ1) is 15.5. The number of rotatable bonds is 6. The molecule has 0 unspecified atom stereocenters. The van der Waals surface area contributed by atoms with Gasteiger partial charge in [-0.1, -0.05) is 30.3 Å². The van der Waals surface area contributed by atoms with E-state index >= 15 is 0 Å². The number of furan rings is 1. The maximum absolute atomic E-state index is 12.3. The van der Waals surface area contributed by atoms with Gasteiger partial charge >= 0.3 is 0 Å². The first-order valence-corrected chi connectivity index (χ1v) is 7.35. The van der Waals surface area contributed by atoms with Gasteiger partial charge in [0.25, 0.3) is 5.91 Å². The number of primary amides is 1. The molecule has 2 aromatic heterocycles. The third-order valence-corrected chi connectivity index (χ3v) is 3.46. The zero-order valence-corrected chi connectivity index (χ0v) is 12.8. The van der Waals surface area contributed by atoms with E-state index < -0.39 is 17.9 Å². The molecule has 3 N–H and O–H groups in total. The summed E-state index contributed by atoms with van der Waals surface area (Å²) in [5, 5.41) is 6.66. The van der Waals surface area contributed by atoms with Crippen LogP contribution in [0.15, 0.2) is 65.3 Å². The lowest BCUT2D eigenvalue weighted by molar-refractivity contribution is -0.120. The summed E-state index contributed by atoms with van der Waals surface area (Å²) in [5.74, 6) is -0.453. The summed E-state index contributed by atoms with van der Waals surface area (Å²) in [5.41, 5.74) is 6.01. The van der Waals surface area contributed by atoms with Crippen LogP contribution in [-0.2, 0) is 11.3 Å². The molecule has 122 valence electrons. The molecule has 0 spiro atoms. The van der Waals surface area contributed by atoms with Gasteiger partial charge in [-0.2, -0.15) is 5.10 Å². The van der Waals surface area contributed by atoms with Crippen LogP contribution in [-0.4, -0.2) is 21.6 Å². The van der Waals surface area contributed by atoms with Gasteiger partial charge in [0.2, 0.25) is 5.91 Å². The van der Waals surface area contributed by atoms with Crippen LogP contribution in [0.5, 0.6) is 0 Å². The van der Waals surface area contributed by atoms with Gasteiger partial charge in [-0.3, -0.25) is 14.3 Å². The number of nitrogens with zero attached hydrogens (tertiary/aromatic N) is 2. The van der Waals surface area contributed by atoms with Gasteiger partial charge in [-0.25, -0.2) is 0 Å². The second kappa shape index (κ2) is 6.82. The summed E-state index contributed by atoms with van der Waals surface area (Å²) >= 11 is 0. The molecular formula is C17H16N4O3. The van der Waals surface area contributed by atoms with Crippen molar-refractivity contribution < 1.29 is 14.0 Å². The number of hydrogen-bond acceptors (Lipinski definition) is 4. The largest absolute Gasteiger partial charge is 0.454 e. The van der Waals surface area contributed by atoms with Crippen LogP contribution < -0.4 is 11.1 Å². The van der Waals surface area contributed by atoms with Crippen molar-refractivity contribution in [2.75, 3.05) is 0 Å². The lowest BCUT2D eigenvalue weighted by Gasteiger charge is -2.14. The second-order valence-electron chi connectivity index (χ2n) is 5.19. The Balaban J connectivity index is 1.72. The number of aromatic nitrogens is 2. The molecule has 3 aromatic rings. The van der Waals surface area contributed by atoms with E-state index in [4.69, 9.17) is 10.2 Å². The van der Waals surface area contributed by atoms with Crippen molar-refractivity contribution in [3.63, 3.8) is 0 Å². The minimum Gasteiger partial charge on any atom is -0.454 e. The Bertz CT molecular complexity index is 825. The van der Waals surface area contributed by atoms with Crippen LogP contribution in [0.1, 0.15) is 27.9 Å². The molecule has 0 radical (unpaired) electrons. The van der Waals surface area contributed by atoms with Gasteiger partial charge < -0.3 is 15.5 Å².